The highest BCUT2D eigenvalue weighted by Gasteiger charge is 2.38. The zero-order valence-electron chi connectivity index (χ0n) is 19.1. The summed E-state index contributed by atoms with van der Waals surface area (Å²) in [7, 11) is 0. The van der Waals surface area contributed by atoms with E-state index in [1.165, 1.54) is 24.3 Å². The normalized spacial score (nSPS) is 16.5. The molecule has 0 aromatic heterocycles. The minimum Gasteiger partial charge on any atom is -0.383 e. The van der Waals surface area contributed by atoms with Crippen molar-refractivity contribution >= 4 is 29.4 Å². The van der Waals surface area contributed by atoms with Crippen LogP contribution in [0.1, 0.15) is 40.7 Å². The third-order valence-electron chi connectivity index (χ3n) is 5.56. The minimum atomic E-state index is -5.11. The molecule has 1 aliphatic heterocycles. The van der Waals surface area contributed by atoms with Crippen molar-refractivity contribution in [2.24, 2.45) is 10.7 Å². The fourth-order valence-corrected chi connectivity index (χ4v) is 3.74. The first-order valence-electron chi connectivity index (χ1n) is 11.0. The minimum absolute atomic E-state index is 0.107. The van der Waals surface area contributed by atoms with E-state index >= 15 is 0 Å². The molecule has 8 nitrogen and oxygen atoms in total. The Hall–Kier alpha value is -3.89. The smallest absolute Gasteiger partial charge is 0.383 e. The number of aryl methyl sites for hydroxylation is 1. The van der Waals surface area contributed by atoms with Crippen LogP contribution in [0.15, 0.2) is 53.5 Å². The molecule has 2 aromatic rings. The van der Waals surface area contributed by atoms with Gasteiger partial charge in [0.2, 0.25) is 0 Å². The fourth-order valence-electron chi connectivity index (χ4n) is 3.74. The van der Waals surface area contributed by atoms with Crippen molar-refractivity contribution in [3.8, 4) is 0 Å². The van der Waals surface area contributed by atoms with Crippen LogP contribution in [0, 0.1) is 6.92 Å². The SMILES string of the molecule is Cc1cccc(C(=O)NCC2CCCCN2C(=O)Nc2ccc(C(N)=NC(=O)C(F)(F)F)cc2)c1. The number of anilines is 1. The summed E-state index contributed by atoms with van der Waals surface area (Å²) in [5.74, 6) is -3.08. The van der Waals surface area contributed by atoms with Crippen molar-refractivity contribution in [2.75, 3.05) is 18.4 Å². The second-order valence-electron chi connectivity index (χ2n) is 8.23. The predicted octanol–water partition coefficient (Wildman–Crippen LogP) is 3.61. The number of rotatable bonds is 5. The molecule has 1 unspecified atom stereocenters. The molecule has 1 fully saturated rings. The number of halogens is 3. The van der Waals surface area contributed by atoms with Crippen LogP contribution in [-0.2, 0) is 4.79 Å². The van der Waals surface area contributed by atoms with Gasteiger partial charge in [-0.05, 0) is 62.6 Å². The topological polar surface area (TPSA) is 117 Å². The summed E-state index contributed by atoms with van der Waals surface area (Å²) in [4.78, 5) is 40.9. The van der Waals surface area contributed by atoms with E-state index < -0.39 is 17.9 Å². The number of hydrogen-bond acceptors (Lipinski definition) is 3. The number of carbonyl (C=O) groups excluding carboxylic acids is 3. The molecule has 2 aromatic carbocycles. The van der Waals surface area contributed by atoms with Gasteiger partial charge in [-0.2, -0.15) is 18.2 Å². The number of likely N-dealkylation sites (tertiary alicyclic amines) is 1. The van der Waals surface area contributed by atoms with Gasteiger partial charge in [-0.25, -0.2) is 4.79 Å². The summed E-state index contributed by atoms with van der Waals surface area (Å²) >= 11 is 0. The number of amides is 4. The summed E-state index contributed by atoms with van der Waals surface area (Å²) in [6.07, 6.45) is -2.61. The van der Waals surface area contributed by atoms with Crippen molar-refractivity contribution < 1.29 is 27.6 Å². The molecule has 3 rings (SSSR count). The summed E-state index contributed by atoms with van der Waals surface area (Å²) in [6.45, 7) is 2.73. The lowest BCUT2D eigenvalue weighted by Gasteiger charge is -2.35. The van der Waals surface area contributed by atoms with Crippen LogP contribution in [0.2, 0.25) is 0 Å². The molecule has 186 valence electrons. The lowest BCUT2D eigenvalue weighted by atomic mass is 10.0. The molecular weight excluding hydrogens is 463 g/mol. The first-order valence-corrected chi connectivity index (χ1v) is 11.0. The number of alkyl halides is 3. The quantitative estimate of drug-likeness (QED) is 0.439. The van der Waals surface area contributed by atoms with Gasteiger partial charge < -0.3 is 21.3 Å². The number of amidine groups is 1. The Kier molecular flexibility index (Phi) is 8.10. The number of nitrogens with zero attached hydrogens (tertiary/aromatic N) is 2. The number of hydrogen-bond donors (Lipinski definition) is 3. The van der Waals surface area contributed by atoms with E-state index in [-0.39, 0.29) is 23.5 Å². The maximum absolute atomic E-state index is 12.9. The van der Waals surface area contributed by atoms with Crippen LogP contribution in [0.3, 0.4) is 0 Å². The predicted molar refractivity (Wildman–Crippen MR) is 125 cm³/mol. The third-order valence-corrected chi connectivity index (χ3v) is 5.56. The Morgan fingerprint density at radius 3 is 2.46 bits per heavy atom. The summed E-state index contributed by atoms with van der Waals surface area (Å²) in [5.41, 5.74) is 7.51. The van der Waals surface area contributed by atoms with E-state index in [9.17, 15) is 27.6 Å². The monoisotopic (exact) mass is 489 g/mol. The molecular formula is C24H26F3N5O3. The Morgan fingerprint density at radius 2 is 1.80 bits per heavy atom. The van der Waals surface area contributed by atoms with E-state index in [0.717, 1.165) is 24.8 Å². The first-order chi connectivity index (χ1) is 16.5. The number of carbonyl (C=O) groups is 3. The van der Waals surface area contributed by atoms with Crippen molar-refractivity contribution in [1.29, 1.82) is 0 Å². The highest BCUT2D eigenvalue weighted by atomic mass is 19.4. The van der Waals surface area contributed by atoms with Crippen molar-refractivity contribution in [1.82, 2.24) is 10.2 Å². The van der Waals surface area contributed by atoms with Gasteiger partial charge in [-0.1, -0.05) is 17.7 Å². The third kappa shape index (κ3) is 7.05. The van der Waals surface area contributed by atoms with Crippen LogP contribution < -0.4 is 16.4 Å². The van der Waals surface area contributed by atoms with Crippen LogP contribution >= 0.6 is 0 Å². The van der Waals surface area contributed by atoms with E-state index in [4.69, 9.17) is 5.73 Å². The molecule has 1 saturated heterocycles. The Bertz CT molecular complexity index is 1120. The van der Waals surface area contributed by atoms with E-state index in [0.29, 0.717) is 24.3 Å². The number of benzene rings is 2. The molecule has 0 aliphatic carbocycles. The molecule has 0 saturated carbocycles. The average Bonchev–Trinajstić information content (AvgIpc) is 2.82. The number of nitrogens with two attached hydrogens (primary N) is 1. The van der Waals surface area contributed by atoms with Crippen LogP contribution in [0.25, 0.3) is 0 Å². The van der Waals surface area contributed by atoms with E-state index in [1.54, 1.807) is 17.0 Å². The van der Waals surface area contributed by atoms with E-state index in [2.05, 4.69) is 15.6 Å². The molecule has 1 atom stereocenters. The Labute approximate surface area is 200 Å². The van der Waals surface area contributed by atoms with Crippen LogP contribution in [0.5, 0.6) is 0 Å². The van der Waals surface area contributed by atoms with Gasteiger partial charge in [-0.3, -0.25) is 9.59 Å². The molecule has 0 radical (unpaired) electrons. The van der Waals surface area contributed by atoms with Crippen LogP contribution in [0.4, 0.5) is 23.7 Å². The highest BCUT2D eigenvalue weighted by Crippen LogP contribution is 2.20. The maximum atomic E-state index is 12.9. The van der Waals surface area contributed by atoms with Gasteiger partial charge in [0.15, 0.2) is 0 Å². The lowest BCUT2D eigenvalue weighted by molar-refractivity contribution is -0.169. The molecule has 35 heavy (non-hydrogen) atoms. The second-order valence-corrected chi connectivity index (χ2v) is 8.23. The molecule has 4 amide bonds. The number of urea groups is 1. The van der Waals surface area contributed by atoms with Gasteiger partial charge >= 0.3 is 18.1 Å². The lowest BCUT2D eigenvalue weighted by Crippen LogP contribution is -2.50. The molecule has 0 spiro atoms. The largest absolute Gasteiger partial charge is 0.473 e. The van der Waals surface area contributed by atoms with Gasteiger partial charge in [0.1, 0.15) is 5.84 Å². The summed E-state index contributed by atoms with van der Waals surface area (Å²) < 4.78 is 37.1. The average molecular weight is 489 g/mol. The highest BCUT2D eigenvalue weighted by molar-refractivity contribution is 6.05. The molecule has 1 heterocycles. The van der Waals surface area contributed by atoms with Gasteiger partial charge in [0.25, 0.3) is 5.91 Å². The summed E-state index contributed by atoms with van der Waals surface area (Å²) in [5, 5.41) is 5.64. The fraction of sp³-hybridized carbons (Fsp3) is 0.333. The molecule has 1 aliphatic rings. The zero-order chi connectivity index (χ0) is 25.6. The van der Waals surface area contributed by atoms with Gasteiger partial charge in [0.05, 0.1) is 6.04 Å². The number of piperidine rings is 1. The number of aliphatic imine (C=N–C) groups is 1. The Morgan fingerprint density at radius 1 is 1.09 bits per heavy atom. The molecule has 0 bridgehead atoms. The van der Waals surface area contributed by atoms with Crippen molar-refractivity contribution in [2.45, 2.75) is 38.4 Å². The maximum Gasteiger partial charge on any atom is 0.473 e. The van der Waals surface area contributed by atoms with E-state index in [1.807, 2.05) is 19.1 Å². The molecule has 4 N–H and O–H groups in total. The first kappa shape index (κ1) is 25.7. The van der Waals surface area contributed by atoms with Crippen molar-refractivity contribution in [3.05, 3.63) is 65.2 Å². The van der Waals surface area contributed by atoms with Crippen LogP contribution in [-0.4, -0.2) is 53.9 Å². The molecule has 11 heteroatoms. The standard InChI is InChI=1S/C24H26F3N5O3/c1-15-5-4-6-17(13-15)21(33)29-14-19-7-2-3-12-32(19)23(35)30-18-10-8-16(9-11-18)20(28)31-22(34)24(25,26)27/h4-6,8-11,13,19H,2-3,7,12,14H2,1H3,(H,29,33)(H,30,35)(H2,28,31,34). The second kappa shape index (κ2) is 11.0. The summed E-state index contributed by atoms with van der Waals surface area (Å²) in [6, 6.07) is 12.3. The number of nitrogens with one attached hydrogen (secondary N) is 2. The van der Waals surface area contributed by atoms with Gasteiger partial charge in [0, 0.05) is 29.9 Å². The van der Waals surface area contributed by atoms with Crippen molar-refractivity contribution in [3.63, 3.8) is 0 Å². The zero-order valence-corrected chi connectivity index (χ0v) is 19.1. The Balaban J connectivity index is 1.60. The van der Waals surface area contributed by atoms with Gasteiger partial charge in [-0.15, -0.1) is 0 Å².